The van der Waals surface area contributed by atoms with Crippen LogP contribution in [0.5, 0.6) is 5.75 Å². The molecule has 1 fully saturated rings. The van der Waals surface area contributed by atoms with Crippen LogP contribution in [0.1, 0.15) is 37.0 Å². The highest BCUT2D eigenvalue weighted by molar-refractivity contribution is 6.02. The van der Waals surface area contributed by atoms with E-state index in [1.165, 1.54) is 0 Å². The molecule has 1 atom stereocenters. The zero-order valence-electron chi connectivity index (χ0n) is 15.5. The highest BCUT2D eigenvalue weighted by atomic mass is 16.5. The van der Waals surface area contributed by atoms with Crippen molar-refractivity contribution in [1.82, 2.24) is 10.2 Å². The van der Waals surface area contributed by atoms with Crippen molar-refractivity contribution in [3.63, 3.8) is 0 Å². The lowest BCUT2D eigenvalue weighted by atomic mass is 9.97. The lowest BCUT2D eigenvalue weighted by Crippen LogP contribution is -2.44. The molecule has 26 heavy (non-hydrogen) atoms. The van der Waals surface area contributed by atoms with Crippen LogP contribution in [0, 0.1) is 5.92 Å². The number of carbonyl (C=O) groups excluding carboxylic acids is 2. The molecule has 2 aliphatic heterocycles. The topological polar surface area (TPSA) is 96.7 Å². The number of fused-ring (bicyclic) bond motifs is 1. The molecule has 0 radical (unpaired) electrons. The monoisotopic (exact) mass is 360 g/mol. The minimum absolute atomic E-state index is 0.0222. The number of hydrogen-bond acceptors (Lipinski definition) is 5. The molecule has 2 amide bonds. The van der Waals surface area contributed by atoms with Gasteiger partial charge in [-0.2, -0.15) is 0 Å². The minimum atomic E-state index is -0.306. The Bertz CT molecular complexity index is 671. The van der Waals surface area contributed by atoms with Crippen molar-refractivity contribution in [3.8, 4) is 5.75 Å². The van der Waals surface area contributed by atoms with Crippen LogP contribution in [0.2, 0.25) is 0 Å². The van der Waals surface area contributed by atoms with E-state index in [9.17, 15) is 9.59 Å². The summed E-state index contributed by atoms with van der Waals surface area (Å²) in [6.45, 7) is 6.37. The third kappa shape index (κ3) is 3.83. The van der Waals surface area contributed by atoms with Crippen molar-refractivity contribution in [2.75, 3.05) is 31.5 Å². The summed E-state index contributed by atoms with van der Waals surface area (Å²) >= 11 is 0. The number of anilines is 1. The first-order valence-corrected chi connectivity index (χ1v) is 9.33. The molecule has 1 aromatic rings. The standard InChI is InChI=1S/C19H28N4O3/c1-12(2)23-11-14(10-20)26-17-15(19(23)25)4-3-5-16(17)22-18(24)13-6-8-21-9-7-13/h3-5,12-14,21H,6-11,20H2,1-2H3,(H,22,24). The smallest absolute Gasteiger partial charge is 0.258 e. The summed E-state index contributed by atoms with van der Waals surface area (Å²) in [6, 6.07) is 5.34. The second-order valence-corrected chi connectivity index (χ2v) is 7.22. The van der Waals surface area contributed by atoms with E-state index >= 15 is 0 Å². The zero-order valence-corrected chi connectivity index (χ0v) is 15.5. The number of piperidine rings is 1. The van der Waals surface area contributed by atoms with E-state index in [0.29, 0.717) is 30.1 Å². The van der Waals surface area contributed by atoms with Crippen molar-refractivity contribution in [2.45, 2.75) is 38.8 Å². The van der Waals surface area contributed by atoms with Crippen molar-refractivity contribution in [1.29, 1.82) is 0 Å². The van der Waals surface area contributed by atoms with Crippen LogP contribution in [0.15, 0.2) is 18.2 Å². The van der Waals surface area contributed by atoms with Gasteiger partial charge in [-0.1, -0.05) is 6.07 Å². The fourth-order valence-corrected chi connectivity index (χ4v) is 3.48. The molecular formula is C19H28N4O3. The Balaban J connectivity index is 1.89. The van der Waals surface area contributed by atoms with Crippen molar-refractivity contribution < 1.29 is 14.3 Å². The van der Waals surface area contributed by atoms with Crippen LogP contribution in [-0.4, -0.2) is 55.0 Å². The number of nitrogens with one attached hydrogen (secondary N) is 2. The molecule has 0 saturated carbocycles. The number of nitrogens with zero attached hydrogens (tertiary/aromatic N) is 1. The molecule has 1 saturated heterocycles. The number of rotatable bonds is 4. The molecule has 7 heteroatoms. The number of hydrogen-bond donors (Lipinski definition) is 3. The van der Waals surface area contributed by atoms with Crippen molar-refractivity contribution in [3.05, 3.63) is 23.8 Å². The molecule has 1 aromatic carbocycles. The summed E-state index contributed by atoms with van der Waals surface area (Å²) < 4.78 is 6.06. The van der Waals surface area contributed by atoms with Crippen LogP contribution in [0.4, 0.5) is 5.69 Å². The molecule has 7 nitrogen and oxygen atoms in total. The highest BCUT2D eigenvalue weighted by Gasteiger charge is 2.32. The fraction of sp³-hybridized carbons (Fsp3) is 0.579. The van der Waals surface area contributed by atoms with Gasteiger partial charge in [0.1, 0.15) is 6.10 Å². The molecule has 0 aromatic heterocycles. The molecule has 1 unspecified atom stereocenters. The van der Waals surface area contributed by atoms with Gasteiger partial charge >= 0.3 is 0 Å². The Morgan fingerprint density at radius 2 is 2.12 bits per heavy atom. The van der Waals surface area contributed by atoms with Crippen molar-refractivity contribution in [2.24, 2.45) is 11.7 Å². The lowest BCUT2D eigenvalue weighted by Gasteiger charge is -2.27. The van der Waals surface area contributed by atoms with E-state index in [-0.39, 0.29) is 29.9 Å². The minimum Gasteiger partial charge on any atom is -0.484 e. The predicted molar refractivity (Wildman–Crippen MR) is 100 cm³/mol. The molecule has 142 valence electrons. The van der Waals surface area contributed by atoms with Crippen LogP contribution in [-0.2, 0) is 4.79 Å². The van der Waals surface area contributed by atoms with Gasteiger partial charge in [0, 0.05) is 18.5 Å². The number of amides is 2. The Morgan fingerprint density at radius 1 is 1.38 bits per heavy atom. The molecule has 4 N–H and O–H groups in total. The number of carbonyl (C=O) groups is 2. The van der Waals surface area contributed by atoms with Gasteiger partial charge in [0.15, 0.2) is 5.75 Å². The third-order valence-corrected chi connectivity index (χ3v) is 5.05. The van der Waals surface area contributed by atoms with Gasteiger partial charge in [-0.3, -0.25) is 9.59 Å². The largest absolute Gasteiger partial charge is 0.484 e. The highest BCUT2D eigenvalue weighted by Crippen LogP contribution is 2.34. The summed E-state index contributed by atoms with van der Waals surface area (Å²) in [4.78, 5) is 27.4. The van der Waals surface area contributed by atoms with E-state index in [1.54, 1.807) is 23.1 Å². The SMILES string of the molecule is CC(C)N1CC(CN)Oc2c(NC(=O)C3CCNCC3)cccc2C1=O. The Kier molecular flexibility index (Phi) is 5.78. The number of nitrogens with two attached hydrogens (primary N) is 1. The van der Waals surface area contributed by atoms with Gasteiger partial charge in [0.25, 0.3) is 5.91 Å². The van der Waals surface area contributed by atoms with Gasteiger partial charge < -0.3 is 26.0 Å². The number of para-hydroxylation sites is 1. The Labute approximate surface area is 154 Å². The second kappa shape index (κ2) is 8.05. The first-order valence-electron chi connectivity index (χ1n) is 9.33. The van der Waals surface area contributed by atoms with Crippen LogP contribution in [0.25, 0.3) is 0 Å². The second-order valence-electron chi connectivity index (χ2n) is 7.22. The summed E-state index contributed by atoms with van der Waals surface area (Å²) in [7, 11) is 0. The first kappa shape index (κ1) is 18.7. The molecule has 2 heterocycles. The maximum absolute atomic E-state index is 13.0. The first-order chi connectivity index (χ1) is 12.5. The molecule has 0 bridgehead atoms. The maximum Gasteiger partial charge on any atom is 0.258 e. The number of ether oxygens (including phenoxy) is 1. The van der Waals surface area contributed by atoms with Gasteiger partial charge in [0.05, 0.1) is 17.8 Å². The Morgan fingerprint density at radius 3 is 2.77 bits per heavy atom. The molecule has 3 rings (SSSR count). The summed E-state index contributed by atoms with van der Waals surface area (Å²) in [6.07, 6.45) is 1.32. The summed E-state index contributed by atoms with van der Waals surface area (Å²) in [5.74, 6) is 0.290. The van der Waals surface area contributed by atoms with Crippen LogP contribution >= 0.6 is 0 Å². The molecule has 2 aliphatic rings. The van der Waals surface area contributed by atoms with Crippen molar-refractivity contribution >= 4 is 17.5 Å². The summed E-state index contributed by atoms with van der Waals surface area (Å²) in [5.41, 5.74) is 6.86. The quantitative estimate of drug-likeness (QED) is 0.750. The zero-order chi connectivity index (χ0) is 18.7. The average molecular weight is 360 g/mol. The van der Waals surface area contributed by atoms with Gasteiger partial charge in [-0.25, -0.2) is 0 Å². The van der Waals surface area contributed by atoms with Crippen LogP contribution in [0.3, 0.4) is 0 Å². The average Bonchev–Trinajstić information content (AvgIpc) is 2.80. The predicted octanol–water partition coefficient (Wildman–Crippen LogP) is 1.20. The number of benzene rings is 1. The van der Waals surface area contributed by atoms with E-state index in [1.807, 2.05) is 13.8 Å². The summed E-state index contributed by atoms with van der Waals surface area (Å²) in [5, 5.41) is 6.23. The van der Waals surface area contributed by atoms with Gasteiger partial charge in [0.2, 0.25) is 5.91 Å². The fourth-order valence-electron chi connectivity index (χ4n) is 3.48. The van der Waals surface area contributed by atoms with Gasteiger partial charge in [-0.05, 0) is 51.9 Å². The van der Waals surface area contributed by atoms with Gasteiger partial charge in [-0.15, -0.1) is 0 Å². The van der Waals surface area contributed by atoms with E-state index in [2.05, 4.69) is 10.6 Å². The normalized spacial score (nSPS) is 21.2. The van der Waals surface area contributed by atoms with E-state index in [4.69, 9.17) is 10.5 Å². The lowest BCUT2D eigenvalue weighted by molar-refractivity contribution is -0.120. The molecule has 0 aliphatic carbocycles. The van der Waals surface area contributed by atoms with Crippen LogP contribution < -0.4 is 21.1 Å². The van der Waals surface area contributed by atoms with E-state index in [0.717, 1.165) is 25.9 Å². The third-order valence-electron chi connectivity index (χ3n) is 5.05. The van der Waals surface area contributed by atoms with E-state index < -0.39 is 0 Å². The maximum atomic E-state index is 13.0. The molecular weight excluding hydrogens is 332 g/mol. The molecule has 0 spiro atoms. The Hall–Kier alpha value is -2.12.